The van der Waals surface area contributed by atoms with Crippen molar-refractivity contribution < 1.29 is 9.90 Å². The molecule has 3 N–H and O–H groups in total. The summed E-state index contributed by atoms with van der Waals surface area (Å²) in [5, 5.41) is 9.66. The van der Waals surface area contributed by atoms with E-state index in [9.17, 15) is 9.90 Å². The van der Waals surface area contributed by atoms with Crippen molar-refractivity contribution in [1.82, 2.24) is 4.98 Å². The molecule has 0 spiro atoms. The van der Waals surface area contributed by atoms with E-state index in [-0.39, 0.29) is 11.7 Å². The van der Waals surface area contributed by atoms with Crippen LogP contribution in [0.1, 0.15) is 24.2 Å². The highest BCUT2D eigenvalue weighted by Crippen LogP contribution is 2.09. The van der Waals surface area contributed by atoms with Crippen LogP contribution in [0.4, 0.5) is 0 Å². The zero-order valence-corrected chi connectivity index (χ0v) is 8.92. The average Bonchev–Trinajstić information content (AvgIpc) is 2.27. The normalized spacial score (nSPS) is 15.0. The van der Waals surface area contributed by atoms with Gasteiger partial charge in [-0.15, -0.1) is 0 Å². The lowest BCUT2D eigenvalue weighted by Gasteiger charge is -2.20. The number of aromatic nitrogens is 1. The van der Waals surface area contributed by atoms with Crippen molar-refractivity contribution in [2.75, 3.05) is 0 Å². The number of carbonyl (C=O) groups excluding carboxylic acids is 1. The number of aliphatic hydroxyl groups is 1. The number of Topliss-reactive ketones (excluding diaryl/α,β-unsaturated/α-hetero) is 1. The number of rotatable bonds is 4. The van der Waals surface area contributed by atoms with Crippen LogP contribution in [-0.4, -0.2) is 28.0 Å². The van der Waals surface area contributed by atoms with Crippen molar-refractivity contribution in [2.45, 2.75) is 26.0 Å². The third kappa shape index (κ3) is 2.84. The van der Waals surface area contributed by atoms with Gasteiger partial charge in [-0.2, -0.15) is 0 Å². The number of pyridine rings is 1. The third-order valence-corrected chi connectivity index (χ3v) is 2.30. The molecule has 1 aromatic rings. The smallest absolute Gasteiger partial charge is 0.183 e. The van der Waals surface area contributed by atoms with Gasteiger partial charge in [0.25, 0.3) is 0 Å². The Morgan fingerprint density at radius 1 is 1.53 bits per heavy atom. The van der Waals surface area contributed by atoms with Gasteiger partial charge < -0.3 is 10.8 Å². The summed E-state index contributed by atoms with van der Waals surface area (Å²) in [6.45, 7) is 3.64. The van der Waals surface area contributed by atoms with E-state index in [1.54, 1.807) is 18.3 Å². The molecule has 15 heavy (non-hydrogen) atoms. The molecule has 1 rings (SSSR count). The Morgan fingerprint density at radius 2 is 2.20 bits per heavy atom. The van der Waals surface area contributed by atoms with Crippen molar-refractivity contribution in [3.8, 4) is 0 Å². The van der Waals surface area contributed by atoms with E-state index in [1.165, 1.54) is 6.20 Å². The molecular formula is C11H16N2O2. The van der Waals surface area contributed by atoms with Gasteiger partial charge in [-0.3, -0.25) is 9.78 Å². The molecule has 0 saturated heterocycles. The van der Waals surface area contributed by atoms with Gasteiger partial charge in [-0.25, -0.2) is 0 Å². The zero-order valence-electron chi connectivity index (χ0n) is 8.92. The SMILES string of the molecule is CC(C)C(O)C(N)C(=O)c1cccnc1. The first kappa shape index (κ1) is 11.8. The molecule has 0 aliphatic carbocycles. The van der Waals surface area contributed by atoms with Crippen LogP contribution in [0.3, 0.4) is 0 Å². The molecule has 0 aromatic carbocycles. The lowest BCUT2D eigenvalue weighted by atomic mass is 9.94. The van der Waals surface area contributed by atoms with E-state index in [2.05, 4.69) is 4.98 Å². The monoisotopic (exact) mass is 208 g/mol. The number of carbonyl (C=O) groups is 1. The van der Waals surface area contributed by atoms with Gasteiger partial charge in [0.05, 0.1) is 12.1 Å². The summed E-state index contributed by atoms with van der Waals surface area (Å²) in [7, 11) is 0. The van der Waals surface area contributed by atoms with Crippen LogP contribution in [-0.2, 0) is 0 Å². The van der Waals surface area contributed by atoms with E-state index in [4.69, 9.17) is 5.73 Å². The molecule has 0 saturated carbocycles. The maximum atomic E-state index is 11.8. The van der Waals surface area contributed by atoms with Crippen molar-refractivity contribution in [3.05, 3.63) is 30.1 Å². The summed E-state index contributed by atoms with van der Waals surface area (Å²) in [5.41, 5.74) is 6.10. The Balaban J connectivity index is 2.78. The van der Waals surface area contributed by atoms with Crippen molar-refractivity contribution in [2.24, 2.45) is 11.7 Å². The quantitative estimate of drug-likeness (QED) is 0.711. The molecule has 0 aliphatic rings. The number of hydrogen-bond donors (Lipinski definition) is 2. The fourth-order valence-electron chi connectivity index (χ4n) is 1.27. The first-order valence-electron chi connectivity index (χ1n) is 4.92. The molecule has 0 bridgehead atoms. The molecule has 2 unspecified atom stereocenters. The fraction of sp³-hybridized carbons (Fsp3) is 0.455. The molecular weight excluding hydrogens is 192 g/mol. The summed E-state index contributed by atoms with van der Waals surface area (Å²) in [5.74, 6) is -0.315. The standard InChI is InChI=1S/C11H16N2O2/c1-7(2)10(14)9(12)11(15)8-4-3-5-13-6-8/h3-7,9-10,14H,12H2,1-2H3. The van der Waals surface area contributed by atoms with E-state index in [0.29, 0.717) is 5.56 Å². The van der Waals surface area contributed by atoms with Crippen molar-refractivity contribution in [1.29, 1.82) is 0 Å². The van der Waals surface area contributed by atoms with Gasteiger partial charge in [0.15, 0.2) is 5.78 Å². The van der Waals surface area contributed by atoms with E-state index < -0.39 is 12.1 Å². The molecule has 1 heterocycles. The first-order valence-corrected chi connectivity index (χ1v) is 4.92. The van der Waals surface area contributed by atoms with Crippen LogP contribution in [0, 0.1) is 5.92 Å². The lowest BCUT2D eigenvalue weighted by Crippen LogP contribution is -2.44. The zero-order chi connectivity index (χ0) is 11.4. The first-order chi connectivity index (χ1) is 7.04. The van der Waals surface area contributed by atoms with Crippen molar-refractivity contribution >= 4 is 5.78 Å². The predicted octanol–water partition coefficient (Wildman–Crippen LogP) is 0.609. The maximum absolute atomic E-state index is 11.8. The predicted molar refractivity (Wildman–Crippen MR) is 57.4 cm³/mol. The van der Waals surface area contributed by atoms with E-state index >= 15 is 0 Å². The van der Waals surface area contributed by atoms with E-state index in [1.807, 2.05) is 13.8 Å². The largest absolute Gasteiger partial charge is 0.391 e. The molecule has 1 aromatic heterocycles. The number of ketones is 1. The highest BCUT2D eigenvalue weighted by molar-refractivity contribution is 6.00. The van der Waals surface area contributed by atoms with Gasteiger partial charge in [0, 0.05) is 18.0 Å². The molecule has 0 radical (unpaired) electrons. The lowest BCUT2D eigenvalue weighted by molar-refractivity contribution is 0.0697. The number of nitrogens with two attached hydrogens (primary N) is 1. The molecule has 4 heteroatoms. The Labute approximate surface area is 89.1 Å². The van der Waals surface area contributed by atoms with Gasteiger partial charge in [0.2, 0.25) is 0 Å². The molecule has 4 nitrogen and oxygen atoms in total. The minimum atomic E-state index is -0.880. The minimum Gasteiger partial charge on any atom is -0.391 e. The van der Waals surface area contributed by atoms with Gasteiger partial charge >= 0.3 is 0 Å². The fourth-order valence-corrected chi connectivity index (χ4v) is 1.27. The molecule has 82 valence electrons. The van der Waals surface area contributed by atoms with Gasteiger partial charge in [-0.05, 0) is 18.1 Å². The Bertz CT molecular complexity index is 325. The number of aliphatic hydroxyl groups excluding tert-OH is 1. The summed E-state index contributed by atoms with van der Waals surface area (Å²) < 4.78 is 0. The number of nitrogens with zero attached hydrogens (tertiary/aromatic N) is 1. The number of hydrogen-bond acceptors (Lipinski definition) is 4. The van der Waals surface area contributed by atoms with Crippen LogP contribution in [0.25, 0.3) is 0 Å². The Hall–Kier alpha value is -1.26. The highest BCUT2D eigenvalue weighted by atomic mass is 16.3. The second-order valence-electron chi connectivity index (χ2n) is 3.87. The van der Waals surface area contributed by atoms with Gasteiger partial charge in [-0.1, -0.05) is 13.8 Å². The van der Waals surface area contributed by atoms with E-state index in [0.717, 1.165) is 0 Å². The second-order valence-corrected chi connectivity index (χ2v) is 3.87. The topological polar surface area (TPSA) is 76.2 Å². The van der Waals surface area contributed by atoms with Crippen LogP contribution in [0.2, 0.25) is 0 Å². The Kier molecular flexibility index (Phi) is 3.94. The summed E-state index contributed by atoms with van der Waals surface area (Å²) in [4.78, 5) is 15.6. The van der Waals surface area contributed by atoms with Crippen LogP contribution in [0.5, 0.6) is 0 Å². The summed E-state index contributed by atoms with van der Waals surface area (Å²) in [6, 6.07) is 2.43. The average molecular weight is 208 g/mol. The van der Waals surface area contributed by atoms with Crippen molar-refractivity contribution in [3.63, 3.8) is 0 Å². The molecule has 2 atom stereocenters. The Morgan fingerprint density at radius 3 is 2.67 bits per heavy atom. The third-order valence-electron chi connectivity index (χ3n) is 2.30. The molecule has 0 aliphatic heterocycles. The molecule has 0 fully saturated rings. The maximum Gasteiger partial charge on any atom is 0.183 e. The minimum absolute atomic E-state index is 0.0411. The molecule has 0 amide bonds. The van der Waals surface area contributed by atoms with Crippen LogP contribution < -0.4 is 5.73 Å². The summed E-state index contributed by atoms with van der Waals surface area (Å²) >= 11 is 0. The second kappa shape index (κ2) is 5.00. The highest BCUT2D eigenvalue weighted by Gasteiger charge is 2.25. The van der Waals surface area contributed by atoms with Crippen LogP contribution in [0.15, 0.2) is 24.5 Å². The van der Waals surface area contributed by atoms with Crippen LogP contribution >= 0.6 is 0 Å². The summed E-state index contributed by atoms with van der Waals surface area (Å²) in [6.07, 6.45) is 2.22. The van der Waals surface area contributed by atoms with Gasteiger partial charge in [0.1, 0.15) is 0 Å².